The highest BCUT2D eigenvalue weighted by Crippen LogP contribution is 2.51. The number of carbonyl (C=O) groups excluding carboxylic acids is 1. The van der Waals surface area contributed by atoms with Crippen molar-refractivity contribution in [3.8, 4) is 0 Å². The van der Waals surface area contributed by atoms with Crippen molar-refractivity contribution in [1.82, 2.24) is 20.4 Å². The van der Waals surface area contributed by atoms with Gasteiger partial charge in [0, 0.05) is 23.9 Å². The summed E-state index contributed by atoms with van der Waals surface area (Å²) in [6.45, 7) is 6.81. The predicted molar refractivity (Wildman–Crippen MR) is 103 cm³/mol. The van der Waals surface area contributed by atoms with E-state index >= 15 is 0 Å². The molecule has 1 aliphatic heterocycles. The molecule has 1 fully saturated rings. The Morgan fingerprint density at radius 2 is 2.11 bits per heavy atom. The van der Waals surface area contributed by atoms with E-state index in [1.165, 1.54) is 11.1 Å². The molecule has 27 heavy (non-hydrogen) atoms. The number of nitrogens with one attached hydrogen (secondary N) is 2. The summed E-state index contributed by atoms with van der Waals surface area (Å²) in [5.41, 5.74) is 3.49. The van der Waals surface area contributed by atoms with Gasteiger partial charge in [-0.1, -0.05) is 24.3 Å². The summed E-state index contributed by atoms with van der Waals surface area (Å²) in [6, 6.07) is 10.3. The lowest BCUT2D eigenvalue weighted by molar-refractivity contribution is -0.124. The molecule has 0 unspecified atom stereocenters. The summed E-state index contributed by atoms with van der Waals surface area (Å²) in [6.07, 6.45) is 3.74. The van der Waals surface area contributed by atoms with Crippen LogP contribution < -0.4 is 10.6 Å². The summed E-state index contributed by atoms with van der Waals surface area (Å²) >= 11 is 0. The zero-order valence-electron chi connectivity index (χ0n) is 16.1. The van der Waals surface area contributed by atoms with Gasteiger partial charge in [0.05, 0.1) is 12.1 Å². The number of amides is 1. The van der Waals surface area contributed by atoms with Crippen molar-refractivity contribution in [2.75, 3.05) is 19.7 Å². The van der Waals surface area contributed by atoms with Crippen LogP contribution >= 0.6 is 0 Å². The van der Waals surface area contributed by atoms with E-state index < -0.39 is 0 Å². The number of hydrogen-bond donors (Lipinski definition) is 2. The number of benzene rings is 1. The van der Waals surface area contributed by atoms with E-state index in [1.54, 1.807) is 10.9 Å². The topological polar surface area (TPSA) is 68.2 Å². The van der Waals surface area contributed by atoms with Gasteiger partial charge in [0.15, 0.2) is 0 Å². The minimum absolute atomic E-state index is 0.0303. The second-order valence-corrected chi connectivity index (χ2v) is 7.54. The molecule has 2 N–H and O–H groups in total. The number of fused-ring (bicyclic) bond motifs is 2. The Balaban J connectivity index is 1.64. The van der Waals surface area contributed by atoms with Gasteiger partial charge in [-0.05, 0) is 57.0 Å². The van der Waals surface area contributed by atoms with Gasteiger partial charge in [-0.15, -0.1) is 0 Å². The molecule has 1 saturated heterocycles. The predicted octanol–water partition coefficient (Wildman–Crippen LogP) is 2.09. The maximum Gasteiger partial charge on any atom is 0.242 e. The summed E-state index contributed by atoms with van der Waals surface area (Å²) in [7, 11) is 0. The normalized spacial score (nSPS) is 23.3. The molecule has 1 amide bonds. The Morgan fingerprint density at radius 3 is 2.81 bits per heavy atom. The minimum Gasteiger partial charge on any atom is -0.375 e. The van der Waals surface area contributed by atoms with Crippen molar-refractivity contribution in [2.24, 2.45) is 0 Å². The van der Waals surface area contributed by atoms with Crippen molar-refractivity contribution in [3.05, 3.63) is 53.3 Å². The second kappa shape index (κ2) is 7.44. The first-order valence-corrected chi connectivity index (χ1v) is 9.85. The first-order valence-electron chi connectivity index (χ1n) is 9.85. The lowest BCUT2D eigenvalue weighted by atomic mass is 9.72. The molecule has 2 atom stereocenters. The fourth-order valence-electron chi connectivity index (χ4n) is 4.79. The van der Waals surface area contributed by atoms with E-state index in [0.29, 0.717) is 6.61 Å². The van der Waals surface area contributed by atoms with Crippen LogP contribution in [0.25, 0.3) is 0 Å². The van der Waals surface area contributed by atoms with Gasteiger partial charge in [-0.25, -0.2) is 0 Å². The third-order valence-electron chi connectivity index (χ3n) is 6.06. The van der Waals surface area contributed by atoms with Crippen LogP contribution in [0.1, 0.15) is 42.6 Å². The maximum absolute atomic E-state index is 12.8. The van der Waals surface area contributed by atoms with Gasteiger partial charge in [-0.3, -0.25) is 9.48 Å². The molecular formula is C21H28N4O2. The zero-order valence-corrected chi connectivity index (χ0v) is 16.1. The summed E-state index contributed by atoms with van der Waals surface area (Å²) in [4.78, 5) is 12.8. The van der Waals surface area contributed by atoms with Gasteiger partial charge >= 0.3 is 0 Å². The highest BCUT2D eigenvalue weighted by molar-refractivity contribution is 5.76. The third kappa shape index (κ3) is 3.17. The van der Waals surface area contributed by atoms with E-state index in [0.717, 1.165) is 31.6 Å². The van der Waals surface area contributed by atoms with Crippen molar-refractivity contribution in [2.45, 2.75) is 50.8 Å². The monoisotopic (exact) mass is 368 g/mol. The number of ether oxygens (including phenoxy) is 1. The van der Waals surface area contributed by atoms with Gasteiger partial charge in [0.25, 0.3) is 0 Å². The van der Waals surface area contributed by atoms with Crippen LogP contribution in [0.5, 0.6) is 0 Å². The van der Waals surface area contributed by atoms with Gasteiger partial charge in [0.2, 0.25) is 5.91 Å². The van der Waals surface area contributed by atoms with Crippen molar-refractivity contribution in [3.63, 3.8) is 0 Å². The molecule has 2 heterocycles. The zero-order chi connectivity index (χ0) is 18.9. The Hall–Kier alpha value is -2.18. The molecule has 6 heteroatoms. The molecule has 0 saturated carbocycles. The average Bonchev–Trinajstić information content (AvgIpc) is 3.18. The van der Waals surface area contributed by atoms with Crippen LogP contribution in [0.4, 0.5) is 0 Å². The van der Waals surface area contributed by atoms with E-state index in [4.69, 9.17) is 4.74 Å². The van der Waals surface area contributed by atoms with Gasteiger partial charge < -0.3 is 15.4 Å². The van der Waals surface area contributed by atoms with E-state index in [9.17, 15) is 4.79 Å². The van der Waals surface area contributed by atoms with Crippen molar-refractivity contribution < 1.29 is 9.53 Å². The molecule has 6 nitrogen and oxygen atoms in total. The lowest BCUT2D eigenvalue weighted by Gasteiger charge is -2.41. The Kier molecular flexibility index (Phi) is 5.02. The molecule has 1 aromatic carbocycles. The Bertz CT molecular complexity index is 810. The summed E-state index contributed by atoms with van der Waals surface area (Å²) < 4.78 is 8.01. The first-order chi connectivity index (χ1) is 13.2. The number of aryl methyl sites for hydroxylation is 1. The Labute approximate surface area is 160 Å². The number of aromatic nitrogens is 2. The lowest BCUT2D eigenvalue weighted by Crippen LogP contribution is -2.50. The average molecular weight is 368 g/mol. The largest absolute Gasteiger partial charge is 0.375 e. The molecule has 144 valence electrons. The van der Waals surface area contributed by atoms with Crippen molar-refractivity contribution in [1.29, 1.82) is 0 Å². The first kappa shape index (κ1) is 18.2. The van der Waals surface area contributed by atoms with Crippen LogP contribution in [0, 0.1) is 6.92 Å². The highest BCUT2D eigenvalue weighted by Gasteiger charge is 2.53. The van der Waals surface area contributed by atoms with Gasteiger partial charge in [0.1, 0.15) is 6.54 Å². The summed E-state index contributed by atoms with van der Waals surface area (Å²) in [5, 5.41) is 11.0. The minimum atomic E-state index is -0.123. The molecule has 2 aromatic rings. The van der Waals surface area contributed by atoms with Crippen LogP contribution in [-0.4, -0.2) is 41.5 Å². The molecule has 1 aromatic heterocycles. The summed E-state index contributed by atoms with van der Waals surface area (Å²) in [5.74, 6) is -0.0303. The molecule has 1 spiro atoms. The Morgan fingerprint density at radius 1 is 1.33 bits per heavy atom. The molecule has 0 bridgehead atoms. The quantitative estimate of drug-likeness (QED) is 0.848. The smallest absolute Gasteiger partial charge is 0.242 e. The van der Waals surface area contributed by atoms with E-state index in [-0.39, 0.29) is 30.0 Å². The van der Waals surface area contributed by atoms with Crippen LogP contribution in [0.15, 0.2) is 36.5 Å². The maximum atomic E-state index is 12.8. The van der Waals surface area contributed by atoms with E-state index in [2.05, 4.69) is 40.0 Å². The van der Waals surface area contributed by atoms with Crippen molar-refractivity contribution >= 4 is 5.91 Å². The number of rotatable bonds is 5. The molecular weight excluding hydrogens is 340 g/mol. The molecule has 2 aliphatic rings. The van der Waals surface area contributed by atoms with E-state index in [1.807, 2.05) is 19.9 Å². The number of piperidine rings is 1. The van der Waals surface area contributed by atoms with Gasteiger partial charge in [-0.2, -0.15) is 5.10 Å². The number of nitrogens with zero attached hydrogens (tertiary/aromatic N) is 2. The molecule has 4 rings (SSSR count). The SMILES string of the molecule is CCO[C@H]1[C@H](NC(=O)Cn2nccc2C)c2ccccc2C12CCNCC2. The standard InChI is InChI=1S/C21H28N4O2/c1-3-27-20-19(24-18(26)14-25-15(2)8-11-23-25)16-6-4-5-7-17(16)21(20)9-12-22-13-10-21/h4-8,11,19-20,22H,3,9-10,12-14H2,1-2H3,(H,24,26)/t19-,20+/m1/s1. The third-order valence-corrected chi connectivity index (χ3v) is 6.06. The highest BCUT2D eigenvalue weighted by atomic mass is 16.5. The van der Waals surface area contributed by atoms with Crippen LogP contribution in [0.3, 0.4) is 0 Å². The molecule has 1 aliphatic carbocycles. The molecule has 0 radical (unpaired) electrons. The van der Waals surface area contributed by atoms with Crippen LogP contribution in [-0.2, 0) is 21.5 Å². The number of hydrogen-bond acceptors (Lipinski definition) is 4. The fourth-order valence-corrected chi connectivity index (χ4v) is 4.79. The fraction of sp³-hybridized carbons (Fsp3) is 0.524. The second-order valence-electron chi connectivity index (χ2n) is 7.54. The number of carbonyl (C=O) groups is 1. The van der Waals surface area contributed by atoms with Crippen LogP contribution in [0.2, 0.25) is 0 Å².